The Kier molecular flexibility index (Phi) is 3.95. The van der Waals surface area contributed by atoms with E-state index in [4.69, 9.17) is 0 Å². The van der Waals surface area contributed by atoms with Crippen LogP contribution in [0.25, 0.3) is 0 Å². The second-order valence-corrected chi connectivity index (χ2v) is 6.02. The minimum atomic E-state index is -0.517. The van der Waals surface area contributed by atoms with Gasteiger partial charge in [0.15, 0.2) is 0 Å². The lowest BCUT2D eigenvalue weighted by Crippen LogP contribution is -2.38. The van der Waals surface area contributed by atoms with E-state index in [2.05, 4.69) is 89.3 Å². The average molecular weight is 323 g/mol. The number of rotatable bonds is 4. The molecule has 0 unspecified atom stereocenters. The quantitative estimate of drug-likeness (QED) is 0.488. The summed E-state index contributed by atoms with van der Waals surface area (Å²) >= 11 is 0. The van der Waals surface area contributed by atoms with Crippen molar-refractivity contribution in [2.24, 2.45) is 0 Å². The molecule has 0 fully saturated rings. The van der Waals surface area contributed by atoms with E-state index in [1.807, 2.05) is 30.6 Å². The van der Waals surface area contributed by atoms with Crippen LogP contribution in [0.1, 0.15) is 22.5 Å². The van der Waals surface area contributed by atoms with Gasteiger partial charge in [-0.05, 0) is 16.7 Å². The van der Waals surface area contributed by atoms with Crippen LogP contribution in [0.2, 0.25) is 0 Å². The molecule has 1 aromatic heterocycles. The van der Waals surface area contributed by atoms with E-state index in [1.165, 1.54) is 16.7 Å². The second kappa shape index (κ2) is 6.40. The molecular weight excluding hydrogens is 304 g/mol. The molecule has 1 radical (unpaired) electrons. The highest BCUT2D eigenvalue weighted by atomic mass is 15.1. The molecule has 2 heteroatoms. The highest BCUT2D eigenvalue weighted by molar-refractivity contribution is 5.51. The monoisotopic (exact) mass is 323 g/mol. The predicted octanol–water partition coefficient (Wildman–Crippen LogP) is 4.91. The maximum atomic E-state index is 4.41. The van der Waals surface area contributed by atoms with Crippen LogP contribution >= 0.6 is 0 Å². The molecule has 1 heterocycles. The summed E-state index contributed by atoms with van der Waals surface area (Å²) in [5.74, 6) is 0.733. The first-order valence-electron chi connectivity index (χ1n) is 8.36. The molecule has 0 aliphatic heterocycles. The first-order valence-corrected chi connectivity index (χ1v) is 8.36. The summed E-state index contributed by atoms with van der Waals surface area (Å²) in [5, 5.41) is 0. The lowest BCUT2D eigenvalue weighted by atomic mass is 9.76. The molecule has 0 aliphatic rings. The maximum Gasteiger partial charge on any atom is 0.121 e. The fourth-order valence-corrected chi connectivity index (χ4v) is 3.59. The molecule has 121 valence electrons. The lowest BCUT2D eigenvalue weighted by Gasteiger charge is -2.38. The minimum Gasteiger partial charge on any atom is -0.316 e. The summed E-state index contributed by atoms with van der Waals surface area (Å²) in [7, 11) is 0. The van der Waals surface area contributed by atoms with Crippen molar-refractivity contribution in [2.75, 3.05) is 0 Å². The zero-order valence-corrected chi connectivity index (χ0v) is 13.9. The van der Waals surface area contributed by atoms with Crippen molar-refractivity contribution in [1.29, 1.82) is 0 Å². The third-order valence-electron chi connectivity index (χ3n) is 4.65. The summed E-state index contributed by atoms with van der Waals surface area (Å²) < 4.78 is 2.16. The van der Waals surface area contributed by atoms with Crippen LogP contribution in [0.5, 0.6) is 0 Å². The van der Waals surface area contributed by atoms with Gasteiger partial charge in [0.1, 0.15) is 11.4 Å². The van der Waals surface area contributed by atoms with Gasteiger partial charge in [-0.1, -0.05) is 91.0 Å². The Labute approximate surface area is 148 Å². The van der Waals surface area contributed by atoms with Crippen LogP contribution in [0.15, 0.2) is 103 Å². The van der Waals surface area contributed by atoms with Crippen LogP contribution in [0, 0.1) is 6.92 Å². The van der Waals surface area contributed by atoms with Gasteiger partial charge >= 0.3 is 0 Å². The Morgan fingerprint density at radius 2 is 1.04 bits per heavy atom. The van der Waals surface area contributed by atoms with Gasteiger partial charge in [0, 0.05) is 19.3 Å². The first-order chi connectivity index (χ1) is 12.3. The number of aromatic nitrogens is 2. The average Bonchev–Trinajstić information content (AvgIpc) is 3.12. The Hall–Kier alpha value is -3.13. The number of hydrogen-bond acceptors (Lipinski definition) is 1. The third-order valence-corrected chi connectivity index (χ3v) is 4.65. The van der Waals surface area contributed by atoms with E-state index in [0.29, 0.717) is 0 Å². The summed E-state index contributed by atoms with van der Waals surface area (Å²) in [5.41, 5.74) is 3.01. The molecule has 0 bridgehead atoms. The van der Waals surface area contributed by atoms with Crippen molar-refractivity contribution in [3.05, 3.63) is 133 Å². The smallest absolute Gasteiger partial charge is 0.121 e. The lowest BCUT2D eigenvalue weighted by molar-refractivity contribution is 0.507. The van der Waals surface area contributed by atoms with Crippen molar-refractivity contribution >= 4 is 0 Å². The number of nitrogens with zero attached hydrogens (tertiary/aromatic N) is 2. The minimum absolute atomic E-state index is 0.517. The molecule has 3 aromatic carbocycles. The van der Waals surface area contributed by atoms with Crippen LogP contribution < -0.4 is 0 Å². The van der Waals surface area contributed by atoms with Gasteiger partial charge in [-0.3, -0.25) is 0 Å². The molecule has 4 rings (SSSR count). The van der Waals surface area contributed by atoms with Crippen molar-refractivity contribution in [1.82, 2.24) is 9.55 Å². The second-order valence-electron chi connectivity index (χ2n) is 6.02. The third kappa shape index (κ3) is 2.47. The predicted molar refractivity (Wildman–Crippen MR) is 101 cm³/mol. The summed E-state index contributed by atoms with van der Waals surface area (Å²) in [4.78, 5) is 4.41. The first kappa shape index (κ1) is 15.4. The summed E-state index contributed by atoms with van der Waals surface area (Å²) in [6.45, 7) is 4.17. The van der Waals surface area contributed by atoms with E-state index in [0.717, 1.165) is 5.82 Å². The maximum absolute atomic E-state index is 4.41. The van der Waals surface area contributed by atoms with E-state index in [1.54, 1.807) is 0 Å². The zero-order valence-electron chi connectivity index (χ0n) is 13.9. The van der Waals surface area contributed by atoms with Crippen molar-refractivity contribution in [3.8, 4) is 0 Å². The van der Waals surface area contributed by atoms with Crippen molar-refractivity contribution < 1.29 is 0 Å². The fourth-order valence-electron chi connectivity index (χ4n) is 3.59. The van der Waals surface area contributed by atoms with Gasteiger partial charge < -0.3 is 4.57 Å². The molecule has 0 N–H and O–H groups in total. The molecule has 0 saturated carbocycles. The number of benzene rings is 3. The van der Waals surface area contributed by atoms with Gasteiger partial charge in [0.05, 0.1) is 0 Å². The van der Waals surface area contributed by atoms with Crippen molar-refractivity contribution in [3.63, 3.8) is 0 Å². The van der Waals surface area contributed by atoms with Crippen LogP contribution in [-0.4, -0.2) is 9.55 Å². The van der Waals surface area contributed by atoms with E-state index < -0.39 is 5.54 Å². The fraction of sp³-hybridized carbons (Fsp3) is 0.0435. The Bertz CT molecular complexity index is 844. The van der Waals surface area contributed by atoms with E-state index in [-0.39, 0.29) is 0 Å². The largest absolute Gasteiger partial charge is 0.316 e. The molecule has 0 saturated heterocycles. The summed E-state index contributed by atoms with van der Waals surface area (Å²) in [6, 6.07) is 31.6. The molecule has 25 heavy (non-hydrogen) atoms. The molecule has 4 aromatic rings. The zero-order chi connectivity index (χ0) is 17.1. The molecule has 2 nitrogen and oxygen atoms in total. The van der Waals surface area contributed by atoms with Gasteiger partial charge in [0.25, 0.3) is 0 Å². The van der Waals surface area contributed by atoms with E-state index >= 15 is 0 Å². The van der Waals surface area contributed by atoms with Crippen LogP contribution in [0.4, 0.5) is 0 Å². The molecule has 0 atom stereocenters. The van der Waals surface area contributed by atoms with Crippen molar-refractivity contribution in [2.45, 2.75) is 5.54 Å². The van der Waals surface area contributed by atoms with Gasteiger partial charge in [-0.2, -0.15) is 0 Å². The Balaban J connectivity index is 2.15. The number of imidazole rings is 1. The van der Waals surface area contributed by atoms with Crippen LogP contribution in [0.3, 0.4) is 0 Å². The standard InChI is InChI=1S/C23H19N2/c1-19-24-17-18-25(19)23(20-11-5-2-6-12-20,21-13-7-3-8-14-21)22-15-9-4-10-16-22/h2-18H,1H2. The Morgan fingerprint density at radius 1 is 0.640 bits per heavy atom. The molecule has 0 amide bonds. The topological polar surface area (TPSA) is 17.8 Å². The van der Waals surface area contributed by atoms with Crippen LogP contribution in [-0.2, 0) is 5.54 Å². The molecule has 0 spiro atoms. The highest BCUT2D eigenvalue weighted by Crippen LogP contribution is 2.41. The molecular formula is C23H19N2. The SMILES string of the molecule is [CH2]c1nccn1C(c1ccccc1)(c1ccccc1)c1ccccc1. The number of hydrogen-bond donors (Lipinski definition) is 0. The van der Waals surface area contributed by atoms with E-state index in [9.17, 15) is 0 Å². The molecule has 0 aliphatic carbocycles. The van der Waals surface area contributed by atoms with Gasteiger partial charge in [-0.25, -0.2) is 4.98 Å². The van der Waals surface area contributed by atoms with Gasteiger partial charge in [-0.15, -0.1) is 0 Å². The Morgan fingerprint density at radius 3 is 1.36 bits per heavy atom. The van der Waals surface area contributed by atoms with Gasteiger partial charge in [0.2, 0.25) is 0 Å². The normalized spacial score (nSPS) is 11.4. The summed E-state index contributed by atoms with van der Waals surface area (Å²) in [6.07, 6.45) is 3.82. The highest BCUT2D eigenvalue weighted by Gasteiger charge is 2.38.